The fraction of sp³-hybridized carbons (Fsp3) is 0.231. The molecule has 3 N–H and O–H groups in total. The van der Waals surface area contributed by atoms with Gasteiger partial charge >= 0.3 is 6.36 Å². The van der Waals surface area contributed by atoms with Gasteiger partial charge in [0.1, 0.15) is 11.3 Å². The summed E-state index contributed by atoms with van der Waals surface area (Å²) < 4.78 is 91.8. The number of aromatic nitrogens is 3. The van der Waals surface area contributed by atoms with Crippen LogP contribution >= 0.6 is 0 Å². The lowest BCUT2D eigenvalue weighted by Gasteiger charge is -2.19. The van der Waals surface area contributed by atoms with E-state index in [0.29, 0.717) is 22.0 Å². The van der Waals surface area contributed by atoms with Crippen molar-refractivity contribution >= 4 is 22.7 Å². The Labute approximate surface area is 223 Å². The maximum Gasteiger partial charge on any atom is 0.573 e. The van der Waals surface area contributed by atoms with Crippen molar-refractivity contribution in [3.63, 3.8) is 0 Å². The molecule has 0 bridgehead atoms. The van der Waals surface area contributed by atoms with Crippen molar-refractivity contribution in [1.29, 1.82) is 0 Å². The third-order valence-corrected chi connectivity index (χ3v) is 5.51. The fourth-order valence-electron chi connectivity index (χ4n) is 3.80. The Morgan fingerprint density at radius 2 is 1.95 bits per heavy atom. The number of carbonyl (C=O) groups excluding carboxylic acids is 2. The van der Waals surface area contributed by atoms with Gasteiger partial charge in [0.2, 0.25) is 5.88 Å². The molecule has 0 radical (unpaired) electrons. The first-order valence-electron chi connectivity index (χ1n) is 14.0. The SMILES string of the molecule is [2H]C([2H])([2H])CNC(=O)c1n[nH]c2cc(-c3cnc(OC([2H])([2H])[2H])c(C(=O)N[C@H](C)c4ccccc4OC(F)(F)F)c3)ccc12. The summed E-state index contributed by atoms with van der Waals surface area (Å²) in [7, 11) is -2.98. The Balaban J connectivity index is 1.65. The molecule has 2 aromatic heterocycles. The molecular formula is C26H24F3N5O4. The number of alkyl halides is 3. The molecule has 2 aromatic carbocycles. The summed E-state index contributed by atoms with van der Waals surface area (Å²) in [5.41, 5.74) is 0.781. The first-order chi connectivity index (χ1) is 20.4. The number of fused-ring (bicyclic) bond motifs is 1. The third-order valence-electron chi connectivity index (χ3n) is 5.51. The number of hydrogen-bond acceptors (Lipinski definition) is 6. The Kier molecular flexibility index (Phi) is 5.53. The molecule has 1 atom stereocenters. The van der Waals surface area contributed by atoms with Gasteiger partial charge in [-0.2, -0.15) is 5.10 Å². The van der Waals surface area contributed by atoms with Gasteiger partial charge < -0.3 is 20.1 Å². The number of halogens is 3. The molecule has 0 saturated heterocycles. The van der Waals surface area contributed by atoms with E-state index in [2.05, 4.69) is 30.6 Å². The molecule has 9 nitrogen and oxygen atoms in total. The molecule has 0 fully saturated rings. The molecule has 198 valence electrons. The minimum absolute atomic E-state index is 0.00369. The maximum atomic E-state index is 13.4. The molecule has 0 saturated carbocycles. The van der Waals surface area contributed by atoms with Gasteiger partial charge in [-0.3, -0.25) is 14.7 Å². The first kappa shape index (κ1) is 19.5. The van der Waals surface area contributed by atoms with Crippen LogP contribution in [0.3, 0.4) is 0 Å². The number of benzene rings is 2. The number of para-hydroxylation sites is 1. The van der Waals surface area contributed by atoms with Gasteiger partial charge in [-0.25, -0.2) is 4.98 Å². The van der Waals surface area contributed by atoms with E-state index in [-0.39, 0.29) is 16.8 Å². The zero-order chi connectivity index (χ0) is 32.4. The minimum Gasteiger partial charge on any atom is -0.480 e. The van der Waals surface area contributed by atoms with Gasteiger partial charge in [0.25, 0.3) is 11.8 Å². The van der Waals surface area contributed by atoms with Crippen molar-refractivity contribution in [2.75, 3.05) is 13.6 Å². The fourth-order valence-corrected chi connectivity index (χ4v) is 3.80. The van der Waals surface area contributed by atoms with Crippen LogP contribution in [0.5, 0.6) is 11.6 Å². The minimum atomic E-state index is -4.98. The van der Waals surface area contributed by atoms with E-state index in [1.165, 1.54) is 43.5 Å². The first-order valence-corrected chi connectivity index (χ1v) is 11.0. The summed E-state index contributed by atoms with van der Waals surface area (Å²) in [6.07, 6.45) is -3.73. The molecule has 12 heteroatoms. The van der Waals surface area contributed by atoms with Crippen molar-refractivity contribution in [2.45, 2.75) is 26.2 Å². The summed E-state index contributed by atoms with van der Waals surface area (Å²) in [4.78, 5) is 29.8. The average molecular weight is 534 g/mol. The highest BCUT2D eigenvalue weighted by atomic mass is 19.4. The highest BCUT2D eigenvalue weighted by Crippen LogP contribution is 2.31. The largest absolute Gasteiger partial charge is 0.573 e. The molecule has 0 aliphatic heterocycles. The van der Waals surface area contributed by atoms with Crippen LogP contribution in [-0.4, -0.2) is 46.9 Å². The van der Waals surface area contributed by atoms with Gasteiger partial charge in [0.05, 0.1) is 22.7 Å². The molecule has 2 amide bonds. The second kappa shape index (κ2) is 10.8. The van der Waals surface area contributed by atoms with Crippen LogP contribution in [-0.2, 0) is 0 Å². The topological polar surface area (TPSA) is 118 Å². The van der Waals surface area contributed by atoms with Crippen LogP contribution in [0.1, 0.15) is 54.5 Å². The highest BCUT2D eigenvalue weighted by Gasteiger charge is 2.33. The van der Waals surface area contributed by atoms with Crippen molar-refractivity contribution in [1.82, 2.24) is 25.8 Å². The van der Waals surface area contributed by atoms with E-state index in [1.54, 1.807) is 12.1 Å². The van der Waals surface area contributed by atoms with Gasteiger partial charge in [0.15, 0.2) is 5.69 Å². The zero-order valence-electron chi connectivity index (χ0n) is 25.6. The van der Waals surface area contributed by atoms with E-state index in [1.807, 2.05) is 0 Å². The number of ether oxygens (including phenoxy) is 2. The maximum absolute atomic E-state index is 13.4. The number of carbonyl (C=O) groups is 2. The van der Waals surface area contributed by atoms with Crippen LogP contribution in [0.4, 0.5) is 13.2 Å². The summed E-state index contributed by atoms with van der Waals surface area (Å²) in [6.45, 7) is -1.52. The number of methoxy groups -OCH3 is 1. The lowest BCUT2D eigenvalue weighted by molar-refractivity contribution is -0.275. The number of rotatable bonds is 8. The number of nitrogens with one attached hydrogen (secondary N) is 3. The van der Waals surface area contributed by atoms with E-state index in [4.69, 9.17) is 13.0 Å². The molecule has 2 heterocycles. The normalized spacial score (nSPS) is 15.2. The Morgan fingerprint density at radius 1 is 1.13 bits per heavy atom. The van der Waals surface area contributed by atoms with Crippen molar-refractivity contribution in [3.05, 3.63) is 71.5 Å². The summed E-state index contributed by atoms with van der Waals surface area (Å²) in [6, 6.07) is 10.1. The van der Waals surface area contributed by atoms with E-state index in [9.17, 15) is 22.8 Å². The Hall–Kier alpha value is -4.61. The van der Waals surface area contributed by atoms with Crippen LogP contribution in [0.2, 0.25) is 0 Å². The second-order valence-corrected chi connectivity index (χ2v) is 7.97. The van der Waals surface area contributed by atoms with Gasteiger partial charge in [-0.05, 0) is 43.6 Å². The van der Waals surface area contributed by atoms with Crippen LogP contribution in [0.15, 0.2) is 54.7 Å². The Bertz CT molecular complexity index is 1690. The number of nitrogens with zero attached hydrogens (tertiary/aromatic N) is 2. The predicted molar refractivity (Wildman–Crippen MR) is 133 cm³/mol. The lowest BCUT2D eigenvalue weighted by atomic mass is 10.0. The molecular weight excluding hydrogens is 503 g/mol. The van der Waals surface area contributed by atoms with E-state index in [0.717, 1.165) is 6.07 Å². The van der Waals surface area contributed by atoms with Gasteiger partial charge in [0, 0.05) is 33.4 Å². The van der Waals surface area contributed by atoms with E-state index < -0.39 is 56.3 Å². The molecule has 4 rings (SSSR count). The smallest absolute Gasteiger partial charge is 0.480 e. The quantitative estimate of drug-likeness (QED) is 0.300. The number of aromatic amines is 1. The molecule has 0 spiro atoms. The predicted octanol–water partition coefficient (Wildman–Crippen LogP) is 4.77. The number of H-pyrrole nitrogens is 1. The van der Waals surface area contributed by atoms with Gasteiger partial charge in [-0.15, -0.1) is 13.2 Å². The van der Waals surface area contributed by atoms with Crippen molar-refractivity contribution in [2.24, 2.45) is 0 Å². The lowest BCUT2D eigenvalue weighted by Crippen LogP contribution is -2.28. The summed E-state index contributed by atoms with van der Waals surface area (Å²) in [5.74, 6) is -2.68. The summed E-state index contributed by atoms with van der Waals surface area (Å²) in [5, 5.41) is 11.8. The van der Waals surface area contributed by atoms with Crippen LogP contribution in [0.25, 0.3) is 22.0 Å². The van der Waals surface area contributed by atoms with Crippen LogP contribution in [0, 0.1) is 0 Å². The standard InChI is InChI=1S/C26H24F3N5O4/c1-4-30-24(36)22-18-10-9-15(12-20(18)33-34-22)16-11-19(25(37-3)31-13-16)23(35)32-14(2)17-7-5-6-8-21(17)38-26(27,28)29/h5-14H,4H2,1-3H3,(H,30,36)(H,32,35)(H,33,34)/t14-/m1/s1/i1D3,3D3. The molecule has 0 aliphatic carbocycles. The van der Waals surface area contributed by atoms with Crippen LogP contribution < -0.4 is 20.1 Å². The molecule has 4 aromatic rings. The van der Waals surface area contributed by atoms with Gasteiger partial charge in [-0.1, -0.05) is 24.3 Å². The monoisotopic (exact) mass is 533 g/mol. The van der Waals surface area contributed by atoms with E-state index >= 15 is 0 Å². The number of pyridine rings is 1. The second-order valence-electron chi connectivity index (χ2n) is 7.97. The zero-order valence-corrected chi connectivity index (χ0v) is 19.6. The van der Waals surface area contributed by atoms with Crippen molar-refractivity contribution in [3.8, 4) is 22.8 Å². The molecule has 0 unspecified atom stereocenters. The van der Waals surface area contributed by atoms with Crippen molar-refractivity contribution < 1.29 is 40.5 Å². The number of amides is 2. The highest BCUT2D eigenvalue weighted by molar-refractivity contribution is 6.05. The Morgan fingerprint density at radius 3 is 2.71 bits per heavy atom. The average Bonchev–Trinajstić information content (AvgIpc) is 3.33. The molecule has 38 heavy (non-hydrogen) atoms. The third kappa shape index (κ3) is 5.69. The molecule has 0 aliphatic rings. The number of hydrogen-bond donors (Lipinski definition) is 3. The summed E-state index contributed by atoms with van der Waals surface area (Å²) >= 11 is 0.